The van der Waals surface area contributed by atoms with Gasteiger partial charge in [-0.05, 0) is 20.8 Å². The van der Waals surface area contributed by atoms with E-state index in [1.165, 1.54) is 0 Å². The molecule has 0 radical (unpaired) electrons. The first-order valence-electron chi connectivity index (χ1n) is 9.36. The maximum atomic E-state index is 5.42. The fraction of sp³-hybridized carbons (Fsp3) is 0.941. The van der Waals surface area contributed by atoms with Crippen molar-refractivity contribution in [1.82, 2.24) is 20.4 Å². The van der Waals surface area contributed by atoms with Gasteiger partial charge in [0.2, 0.25) is 0 Å². The molecule has 2 rings (SSSR count). The van der Waals surface area contributed by atoms with E-state index in [-0.39, 0.29) is 0 Å². The molecule has 0 aromatic rings. The summed E-state index contributed by atoms with van der Waals surface area (Å²) in [6.07, 6.45) is 0. The third-order valence-corrected chi connectivity index (χ3v) is 4.76. The first-order valence-corrected chi connectivity index (χ1v) is 9.36. The number of hydrogen-bond donors (Lipinski definition) is 2. The van der Waals surface area contributed by atoms with Crippen LogP contribution in [-0.2, 0) is 9.47 Å². The zero-order chi connectivity index (χ0) is 17.2. The van der Waals surface area contributed by atoms with Gasteiger partial charge in [0.1, 0.15) is 0 Å². The SMILES string of the molecule is CCNC(=NC[C@H](C)N1CCOCC1)NC[C@H](C)N1CCOCC1. The van der Waals surface area contributed by atoms with E-state index in [0.29, 0.717) is 12.1 Å². The Labute approximate surface area is 146 Å². The minimum atomic E-state index is 0.445. The van der Waals surface area contributed by atoms with Crippen LogP contribution in [0.1, 0.15) is 20.8 Å². The van der Waals surface area contributed by atoms with Crippen LogP contribution in [0.3, 0.4) is 0 Å². The summed E-state index contributed by atoms with van der Waals surface area (Å²) in [5.41, 5.74) is 0. The summed E-state index contributed by atoms with van der Waals surface area (Å²) in [5, 5.41) is 6.84. The van der Waals surface area contributed by atoms with Crippen LogP contribution in [0.15, 0.2) is 4.99 Å². The molecule has 2 aliphatic heterocycles. The van der Waals surface area contributed by atoms with Crippen LogP contribution in [0.2, 0.25) is 0 Å². The maximum absolute atomic E-state index is 5.42. The van der Waals surface area contributed by atoms with Gasteiger partial charge in [-0.2, -0.15) is 0 Å². The number of ether oxygens (including phenoxy) is 2. The van der Waals surface area contributed by atoms with Gasteiger partial charge in [0.05, 0.1) is 33.0 Å². The Morgan fingerprint density at radius 2 is 1.46 bits per heavy atom. The minimum Gasteiger partial charge on any atom is -0.379 e. The molecule has 2 atom stereocenters. The van der Waals surface area contributed by atoms with Gasteiger partial charge in [-0.3, -0.25) is 14.8 Å². The van der Waals surface area contributed by atoms with Crippen molar-refractivity contribution in [2.45, 2.75) is 32.9 Å². The van der Waals surface area contributed by atoms with Gasteiger partial charge >= 0.3 is 0 Å². The summed E-state index contributed by atoms with van der Waals surface area (Å²) in [7, 11) is 0. The molecule has 0 amide bonds. The van der Waals surface area contributed by atoms with Crippen LogP contribution in [0, 0.1) is 0 Å². The molecule has 0 aromatic heterocycles. The van der Waals surface area contributed by atoms with Gasteiger partial charge in [0.15, 0.2) is 5.96 Å². The number of nitrogens with one attached hydrogen (secondary N) is 2. The second kappa shape index (κ2) is 10.9. The summed E-state index contributed by atoms with van der Waals surface area (Å²) in [5.74, 6) is 0.915. The first-order chi connectivity index (χ1) is 11.7. The minimum absolute atomic E-state index is 0.445. The molecule has 24 heavy (non-hydrogen) atoms. The van der Waals surface area contributed by atoms with Gasteiger partial charge in [-0.15, -0.1) is 0 Å². The predicted octanol–water partition coefficient (Wildman–Crippen LogP) is -0.0171. The highest BCUT2D eigenvalue weighted by molar-refractivity contribution is 5.79. The van der Waals surface area contributed by atoms with E-state index < -0.39 is 0 Å². The molecule has 0 saturated carbocycles. The van der Waals surface area contributed by atoms with Crippen molar-refractivity contribution >= 4 is 5.96 Å². The van der Waals surface area contributed by atoms with Crippen LogP contribution in [-0.4, -0.2) is 100 Å². The molecular weight excluding hydrogens is 306 g/mol. The van der Waals surface area contributed by atoms with Gasteiger partial charge < -0.3 is 20.1 Å². The summed E-state index contributed by atoms with van der Waals surface area (Å²) in [4.78, 5) is 9.69. The Hall–Kier alpha value is -0.890. The van der Waals surface area contributed by atoms with Crippen LogP contribution < -0.4 is 10.6 Å². The molecule has 0 bridgehead atoms. The highest BCUT2D eigenvalue weighted by Gasteiger charge is 2.18. The zero-order valence-corrected chi connectivity index (χ0v) is 15.6. The molecule has 0 aliphatic carbocycles. The molecule has 140 valence electrons. The second-order valence-electron chi connectivity index (χ2n) is 6.60. The number of nitrogens with zero attached hydrogens (tertiary/aromatic N) is 3. The molecule has 0 aromatic carbocycles. The van der Waals surface area contributed by atoms with Gasteiger partial charge in [0.25, 0.3) is 0 Å². The quantitative estimate of drug-likeness (QED) is 0.501. The summed E-state index contributed by atoms with van der Waals surface area (Å²) in [6.45, 7) is 16.6. The van der Waals surface area contributed by atoms with Gasteiger partial charge in [-0.25, -0.2) is 0 Å². The number of hydrogen-bond acceptors (Lipinski definition) is 5. The van der Waals surface area contributed by atoms with Crippen molar-refractivity contribution in [1.29, 1.82) is 0 Å². The van der Waals surface area contributed by atoms with Crippen molar-refractivity contribution < 1.29 is 9.47 Å². The topological polar surface area (TPSA) is 61.4 Å². The molecule has 0 spiro atoms. The van der Waals surface area contributed by atoms with Crippen molar-refractivity contribution in [3.8, 4) is 0 Å². The normalized spacial score (nSPS) is 23.7. The number of guanidine groups is 1. The second-order valence-corrected chi connectivity index (χ2v) is 6.60. The summed E-state index contributed by atoms with van der Waals surface area (Å²) >= 11 is 0. The van der Waals surface area contributed by atoms with Crippen LogP contribution in [0.5, 0.6) is 0 Å². The average Bonchev–Trinajstić information content (AvgIpc) is 2.65. The van der Waals surface area contributed by atoms with E-state index in [9.17, 15) is 0 Å². The molecule has 7 nitrogen and oxygen atoms in total. The molecule has 7 heteroatoms. The van der Waals surface area contributed by atoms with Gasteiger partial charge in [0, 0.05) is 51.4 Å². The molecule has 2 fully saturated rings. The van der Waals surface area contributed by atoms with Gasteiger partial charge in [-0.1, -0.05) is 0 Å². The fourth-order valence-electron chi connectivity index (χ4n) is 3.09. The monoisotopic (exact) mass is 341 g/mol. The Morgan fingerprint density at radius 1 is 0.917 bits per heavy atom. The lowest BCUT2D eigenvalue weighted by molar-refractivity contribution is 0.0210. The molecule has 0 unspecified atom stereocenters. The van der Waals surface area contributed by atoms with Crippen molar-refractivity contribution in [2.75, 3.05) is 72.2 Å². The van der Waals surface area contributed by atoms with E-state index >= 15 is 0 Å². The summed E-state index contributed by atoms with van der Waals surface area (Å²) < 4.78 is 10.8. The Morgan fingerprint density at radius 3 is 2.00 bits per heavy atom. The lowest BCUT2D eigenvalue weighted by atomic mass is 10.2. The smallest absolute Gasteiger partial charge is 0.191 e. The van der Waals surface area contributed by atoms with E-state index in [0.717, 1.165) is 78.2 Å². The van der Waals surface area contributed by atoms with Crippen molar-refractivity contribution in [3.63, 3.8) is 0 Å². The number of morpholine rings is 2. The highest BCUT2D eigenvalue weighted by atomic mass is 16.5. The molecule has 2 saturated heterocycles. The number of rotatable bonds is 7. The molecule has 2 aliphatic rings. The Bertz CT molecular complexity index is 368. The Kier molecular flexibility index (Phi) is 8.80. The largest absolute Gasteiger partial charge is 0.379 e. The third kappa shape index (κ3) is 6.55. The van der Waals surface area contributed by atoms with E-state index in [4.69, 9.17) is 14.5 Å². The number of aliphatic imine (C=N–C) groups is 1. The highest BCUT2D eigenvalue weighted by Crippen LogP contribution is 2.04. The predicted molar refractivity (Wildman–Crippen MR) is 97.7 cm³/mol. The molecule has 2 heterocycles. The van der Waals surface area contributed by atoms with E-state index in [1.54, 1.807) is 0 Å². The molecule has 2 N–H and O–H groups in total. The standard InChI is InChI=1S/C17H35N5O2/c1-4-18-17(19-13-15(2)21-5-9-23-10-6-21)20-14-16(3)22-7-11-24-12-8-22/h15-16H,4-14H2,1-3H3,(H2,18,19,20)/t15-,16-/m0/s1. The lowest BCUT2D eigenvalue weighted by Gasteiger charge is -2.33. The first kappa shape index (κ1) is 19.4. The maximum Gasteiger partial charge on any atom is 0.191 e. The van der Waals surface area contributed by atoms with Crippen molar-refractivity contribution in [3.05, 3.63) is 0 Å². The fourth-order valence-corrected chi connectivity index (χ4v) is 3.09. The summed E-state index contributed by atoms with van der Waals surface area (Å²) in [6, 6.07) is 0.926. The lowest BCUT2D eigenvalue weighted by Crippen LogP contribution is -2.49. The van der Waals surface area contributed by atoms with E-state index in [2.05, 4.69) is 41.2 Å². The van der Waals surface area contributed by atoms with E-state index in [1.807, 2.05) is 0 Å². The third-order valence-electron chi connectivity index (χ3n) is 4.76. The average molecular weight is 342 g/mol. The Balaban J connectivity index is 1.76. The van der Waals surface area contributed by atoms with Crippen LogP contribution >= 0.6 is 0 Å². The van der Waals surface area contributed by atoms with Crippen molar-refractivity contribution in [2.24, 2.45) is 4.99 Å². The zero-order valence-electron chi connectivity index (χ0n) is 15.6. The van der Waals surface area contributed by atoms with Crippen LogP contribution in [0.25, 0.3) is 0 Å². The molecular formula is C17H35N5O2. The van der Waals surface area contributed by atoms with Crippen LogP contribution in [0.4, 0.5) is 0 Å².